The molecule has 0 aliphatic carbocycles. The number of nitrogens with zero attached hydrogens (tertiary/aromatic N) is 2. The molecule has 0 aliphatic heterocycles. The van der Waals surface area contributed by atoms with Crippen molar-refractivity contribution in [3.8, 4) is 17.9 Å². The van der Waals surface area contributed by atoms with Gasteiger partial charge < -0.3 is 4.74 Å². The molecule has 5 nitrogen and oxygen atoms in total. The molecule has 0 spiro atoms. The third-order valence-corrected chi connectivity index (χ3v) is 4.80. The fourth-order valence-corrected chi connectivity index (χ4v) is 2.96. The molecule has 0 saturated carbocycles. The van der Waals surface area contributed by atoms with Gasteiger partial charge in [-0.05, 0) is 35.2 Å². The van der Waals surface area contributed by atoms with E-state index in [2.05, 4.69) is 6.07 Å². The molecule has 0 aliphatic rings. The average Bonchev–Trinajstić information content (AvgIpc) is 2.98. The van der Waals surface area contributed by atoms with Crippen molar-refractivity contribution < 1.29 is 13.2 Å². The third-order valence-electron chi connectivity index (χ3n) is 2.93. The number of rotatable bonds is 5. The number of hydrogen-bond acceptors (Lipinski definition) is 6. The van der Waals surface area contributed by atoms with Crippen molar-refractivity contribution in [2.45, 2.75) is 6.61 Å². The van der Waals surface area contributed by atoms with Gasteiger partial charge in [-0.1, -0.05) is 12.1 Å². The fraction of sp³-hybridized carbons (Fsp3) is 0.125. The Hall–Kier alpha value is -2.61. The Bertz CT molecular complexity index is 911. The lowest BCUT2D eigenvalue weighted by molar-refractivity contribution is 0.306. The first-order valence-corrected chi connectivity index (χ1v) is 9.22. The van der Waals surface area contributed by atoms with Crippen molar-refractivity contribution in [2.24, 2.45) is 0 Å². The smallest absolute Gasteiger partial charge is 0.185 e. The highest BCUT2D eigenvalue weighted by atomic mass is 32.2. The minimum absolute atomic E-state index is 0.286. The topological polar surface area (TPSA) is 90.9 Å². The van der Waals surface area contributed by atoms with Crippen LogP contribution in [-0.2, 0) is 16.4 Å². The average molecular weight is 344 g/mol. The van der Waals surface area contributed by atoms with Crippen LogP contribution in [0.4, 0.5) is 0 Å². The zero-order chi connectivity index (χ0) is 16.9. The monoisotopic (exact) mass is 344 g/mol. The molecular formula is C16H12N2O3S2. The highest BCUT2D eigenvalue weighted by Gasteiger charge is 2.10. The van der Waals surface area contributed by atoms with Gasteiger partial charge in [-0.2, -0.15) is 10.5 Å². The van der Waals surface area contributed by atoms with Crippen molar-refractivity contribution in [3.05, 3.63) is 56.6 Å². The second-order valence-electron chi connectivity index (χ2n) is 4.64. The van der Waals surface area contributed by atoms with E-state index in [4.69, 9.17) is 15.3 Å². The zero-order valence-corrected chi connectivity index (χ0v) is 13.8. The Labute approximate surface area is 138 Å². The minimum Gasteiger partial charge on any atom is -0.489 e. The maximum Gasteiger partial charge on any atom is 0.185 e. The number of nitriles is 2. The molecule has 0 amide bonds. The quantitative estimate of drug-likeness (QED) is 0.777. The summed E-state index contributed by atoms with van der Waals surface area (Å²) in [5.41, 5.74) is 1.41. The van der Waals surface area contributed by atoms with E-state index in [9.17, 15) is 8.42 Å². The first-order valence-electron chi connectivity index (χ1n) is 6.45. The number of thiophene rings is 1. The van der Waals surface area contributed by atoms with Gasteiger partial charge in [0, 0.05) is 11.8 Å². The number of allylic oxidation sites excluding steroid dienone is 1. The van der Waals surface area contributed by atoms with Crippen LogP contribution in [0.25, 0.3) is 6.08 Å². The van der Waals surface area contributed by atoms with E-state index < -0.39 is 9.84 Å². The van der Waals surface area contributed by atoms with Gasteiger partial charge in [-0.15, -0.1) is 11.3 Å². The lowest BCUT2D eigenvalue weighted by atomic mass is 10.2. The Morgan fingerprint density at radius 1 is 1.26 bits per heavy atom. The first kappa shape index (κ1) is 16.8. The molecule has 1 heterocycles. The highest BCUT2D eigenvalue weighted by Crippen LogP contribution is 2.20. The summed E-state index contributed by atoms with van der Waals surface area (Å²) in [6, 6.07) is 12.3. The molecule has 2 aromatic rings. The molecule has 2 rings (SSSR count). The number of benzene rings is 1. The van der Waals surface area contributed by atoms with Crippen LogP contribution in [0.2, 0.25) is 0 Å². The molecule has 0 unspecified atom stereocenters. The number of sulfone groups is 1. The van der Waals surface area contributed by atoms with Crippen LogP contribution in [0.15, 0.2) is 40.6 Å². The largest absolute Gasteiger partial charge is 0.489 e. The normalized spacial score (nSPS) is 11.5. The van der Waals surface area contributed by atoms with Crippen molar-refractivity contribution in [3.63, 3.8) is 0 Å². The summed E-state index contributed by atoms with van der Waals surface area (Å²) >= 11 is 1.36. The van der Waals surface area contributed by atoms with Gasteiger partial charge in [-0.3, -0.25) is 0 Å². The second-order valence-corrected chi connectivity index (χ2v) is 7.54. The van der Waals surface area contributed by atoms with Crippen LogP contribution in [0, 0.1) is 22.7 Å². The lowest BCUT2D eigenvalue weighted by Gasteiger charge is -2.05. The summed E-state index contributed by atoms with van der Waals surface area (Å²) in [4.78, 5) is 0.333. The van der Waals surface area contributed by atoms with E-state index >= 15 is 0 Å². The number of ether oxygens (including phenoxy) is 1. The molecular weight excluding hydrogens is 332 g/mol. The summed E-state index contributed by atoms with van der Waals surface area (Å²) in [6.45, 7) is 0.286. The zero-order valence-electron chi connectivity index (χ0n) is 12.2. The molecule has 1 aromatic heterocycles. The van der Waals surface area contributed by atoms with Gasteiger partial charge in [0.1, 0.15) is 34.3 Å². The van der Waals surface area contributed by atoms with Gasteiger partial charge in [0.2, 0.25) is 0 Å². The van der Waals surface area contributed by atoms with E-state index in [1.165, 1.54) is 17.4 Å². The molecule has 23 heavy (non-hydrogen) atoms. The Morgan fingerprint density at radius 2 is 1.96 bits per heavy atom. The summed E-state index contributed by atoms with van der Waals surface area (Å²) in [5, 5.41) is 19.6. The van der Waals surface area contributed by atoms with E-state index in [1.807, 2.05) is 11.4 Å². The maximum absolute atomic E-state index is 11.4. The third kappa shape index (κ3) is 4.43. The molecule has 0 N–H and O–H groups in total. The van der Waals surface area contributed by atoms with Gasteiger partial charge >= 0.3 is 0 Å². The van der Waals surface area contributed by atoms with Crippen molar-refractivity contribution in [1.82, 2.24) is 0 Å². The summed E-state index contributed by atoms with van der Waals surface area (Å²) < 4.78 is 28.4. The van der Waals surface area contributed by atoms with Crippen LogP contribution in [0.5, 0.6) is 5.75 Å². The summed E-state index contributed by atoms with van der Waals surface area (Å²) in [7, 11) is -3.53. The Kier molecular flexibility index (Phi) is 5.17. The Morgan fingerprint density at radius 3 is 2.52 bits per heavy atom. The minimum atomic E-state index is -3.53. The van der Waals surface area contributed by atoms with E-state index in [1.54, 1.807) is 30.3 Å². The van der Waals surface area contributed by atoms with Crippen LogP contribution >= 0.6 is 11.3 Å². The van der Waals surface area contributed by atoms with Crippen molar-refractivity contribution in [1.29, 1.82) is 10.5 Å². The fourth-order valence-electron chi connectivity index (χ4n) is 1.74. The molecule has 7 heteroatoms. The molecule has 0 radical (unpaired) electrons. The summed E-state index contributed by atoms with van der Waals surface area (Å²) in [6.07, 6.45) is 2.30. The number of hydrogen-bond donors (Lipinski definition) is 0. The molecule has 0 fully saturated rings. The van der Waals surface area contributed by atoms with Gasteiger partial charge in [0.05, 0.1) is 0 Å². The van der Waals surface area contributed by atoms with E-state index in [0.717, 1.165) is 11.8 Å². The van der Waals surface area contributed by atoms with Crippen LogP contribution in [0.1, 0.15) is 16.0 Å². The van der Waals surface area contributed by atoms with Crippen molar-refractivity contribution >= 4 is 27.3 Å². The molecule has 116 valence electrons. The lowest BCUT2D eigenvalue weighted by Crippen LogP contribution is -1.98. The summed E-state index contributed by atoms with van der Waals surface area (Å²) in [5.74, 6) is 0.593. The first-order chi connectivity index (χ1) is 10.9. The molecule has 1 aromatic carbocycles. The van der Waals surface area contributed by atoms with E-state index in [0.29, 0.717) is 16.2 Å². The van der Waals surface area contributed by atoms with Gasteiger partial charge in [-0.25, -0.2) is 8.42 Å². The van der Waals surface area contributed by atoms with Crippen LogP contribution in [0.3, 0.4) is 0 Å². The van der Waals surface area contributed by atoms with Gasteiger partial charge in [0.15, 0.2) is 9.84 Å². The van der Waals surface area contributed by atoms with Crippen LogP contribution in [-0.4, -0.2) is 14.7 Å². The molecule has 0 saturated heterocycles. The SMILES string of the molecule is CS(=O)(=O)C(C#N)=Cc1ccc(OCc2ccsc2C#N)cc1. The predicted molar refractivity (Wildman–Crippen MR) is 88.2 cm³/mol. The maximum atomic E-state index is 11.4. The standard InChI is InChI=1S/C16H12N2O3S2/c1-23(19,20)15(9-17)8-12-2-4-14(5-3-12)21-11-13-6-7-22-16(13)10-18/h2-8H,11H2,1H3. The Balaban J connectivity index is 2.10. The highest BCUT2D eigenvalue weighted by molar-refractivity contribution is 7.95. The predicted octanol–water partition coefficient (Wildman–Crippen LogP) is 3.11. The molecule has 0 bridgehead atoms. The van der Waals surface area contributed by atoms with Crippen molar-refractivity contribution in [2.75, 3.05) is 6.26 Å². The van der Waals surface area contributed by atoms with Gasteiger partial charge in [0.25, 0.3) is 0 Å². The van der Waals surface area contributed by atoms with Crippen LogP contribution < -0.4 is 4.74 Å². The second kappa shape index (κ2) is 7.10. The van der Waals surface area contributed by atoms with E-state index in [-0.39, 0.29) is 11.5 Å². The molecule has 0 atom stereocenters.